The van der Waals surface area contributed by atoms with Crippen LogP contribution in [-0.4, -0.2) is 35.1 Å². The van der Waals surface area contributed by atoms with E-state index in [1.165, 1.54) is 38.5 Å². The molecular weight excluding hydrogens is 298 g/mol. The molecule has 3 heteroatoms. The van der Waals surface area contributed by atoms with Crippen molar-refractivity contribution in [2.45, 2.75) is 97.0 Å². The van der Waals surface area contributed by atoms with Gasteiger partial charge in [-0.15, -0.1) is 0 Å². The van der Waals surface area contributed by atoms with Gasteiger partial charge in [0.1, 0.15) is 0 Å². The lowest BCUT2D eigenvalue weighted by atomic mass is 9.67. The molecule has 2 rings (SSSR count). The standard InChI is InChI=1S/C21H39NO2/c1-3-14-22(15-4-2)21(24)16-19(17-10-6-5-7-11-17)18-12-8-9-13-20(18)23/h17-20,23H,3-16H2,1-2H3. The van der Waals surface area contributed by atoms with E-state index in [0.29, 0.717) is 30.1 Å². The van der Waals surface area contributed by atoms with Gasteiger partial charge in [-0.05, 0) is 43.4 Å². The number of nitrogens with zero attached hydrogens (tertiary/aromatic N) is 1. The van der Waals surface area contributed by atoms with E-state index in [1.54, 1.807) is 0 Å². The van der Waals surface area contributed by atoms with Gasteiger partial charge in [-0.3, -0.25) is 4.79 Å². The Balaban J connectivity index is 2.07. The first kappa shape index (κ1) is 19.8. The third-order valence-electron chi connectivity index (χ3n) is 6.34. The molecule has 0 spiro atoms. The van der Waals surface area contributed by atoms with Gasteiger partial charge in [0, 0.05) is 19.5 Å². The number of amides is 1. The van der Waals surface area contributed by atoms with Gasteiger partial charge >= 0.3 is 0 Å². The lowest BCUT2D eigenvalue weighted by molar-refractivity contribution is -0.134. The van der Waals surface area contributed by atoms with Crippen LogP contribution in [0.2, 0.25) is 0 Å². The Morgan fingerprint density at radius 3 is 2.12 bits per heavy atom. The van der Waals surface area contributed by atoms with E-state index in [2.05, 4.69) is 18.7 Å². The molecule has 0 heterocycles. The van der Waals surface area contributed by atoms with Crippen LogP contribution in [0.25, 0.3) is 0 Å². The predicted molar refractivity (Wildman–Crippen MR) is 99.8 cm³/mol. The van der Waals surface area contributed by atoms with Crippen molar-refractivity contribution < 1.29 is 9.90 Å². The van der Waals surface area contributed by atoms with Crippen molar-refractivity contribution in [1.29, 1.82) is 0 Å². The summed E-state index contributed by atoms with van der Waals surface area (Å²) in [7, 11) is 0. The first-order valence-electron chi connectivity index (χ1n) is 10.6. The van der Waals surface area contributed by atoms with Crippen molar-refractivity contribution in [3.63, 3.8) is 0 Å². The lowest BCUT2D eigenvalue weighted by Gasteiger charge is -2.40. The third kappa shape index (κ3) is 5.47. The second kappa shape index (κ2) is 10.4. The van der Waals surface area contributed by atoms with Crippen LogP contribution in [0.5, 0.6) is 0 Å². The monoisotopic (exact) mass is 337 g/mol. The quantitative estimate of drug-likeness (QED) is 0.693. The summed E-state index contributed by atoms with van der Waals surface area (Å²) in [5, 5.41) is 10.6. The van der Waals surface area contributed by atoms with Crippen molar-refractivity contribution >= 4 is 5.91 Å². The highest BCUT2D eigenvalue weighted by atomic mass is 16.3. The van der Waals surface area contributed by atoms with Crippen LogP contribution < -0.4 is 0 Å². The summed E-state index contributed by atoms with van der Waals surface area (Å²) in [6.07, 6.45) is 13.5. The molecule has 3 unspecified atom stereocenters. The summed E-state index contributed by atoms with van der Waals surface area (Å²) < 4.78 is 0. The zero-order chi connectivity index (χ0) is 17.4. The molecule has 0 aromatic heterocycles. The Kier molecular flexibility index (Phi) is 8.58. The van der Waals surface area contributed by atoms with E-state index >= 15 is 0 Å². The molecule has 0 aromatic carbocycles. The summed E-state index contributed by atoms with van der Waals surface area (Å²) in [6.45, 7) is 6.08. The molecule has 0 radical (unpaired) electrons. The Morgan fingerprint density at radius 1 is 0.958 bits per heavy atom. The zero-order valence-electron chi connectivity index (χ0n) is 16.0. The van der Waals surface area contributed by atoms with E-state index in [-0.39, 0.29) is 6.10 Å². The van der Waals surface area contributed by atoms with E-state index in [1.807, 2.05) is 0 Å². The molecule has 2 aliphatic rings. The number of hydrogen-bond donors (Lipinski definition) is 1. The maximum Gasteiger partial charge on any atom is 0.222 e. The minimum Gasteiger partial charge on any atom is -0.393 e. The molecule has 3 atom stereocenters. The summed E-state index contributed by atoms with van der Waals surface area (Å²) in [5.41, 5.74) is 0. The second-order valence-corrected chi connectivity index (χ2v) is 8.16. The van der Waals surface area contributed by atoms with E-state index in [9.17, 15) is 9.90 Å². The highest BCUT2D eigenvalue weighted by molar-refractivity contribution is 5.76. The van der Waals surface area contributed by atoms with Gasteiger partial charge in [0.05, 0.1) is 6.10 Å². The van der Waals surface area contributed by atoms with Crippen molar-refractivity contribution in [3.8, 4) is 0 Å². The molecule has 0 bridgehead atoms. The summed E-state index contributed by atoms with van der Waals surface area (Å²) >= 11 is 0. The summed E-state index contributed by atoms with van der Waals surface area (Å²) in [4.78, 5) is 15.0. The van der Waals surface area contributed by atoms with E-state index in [4.69, 9.17) is 0 Å². The lowest BCUT2D eigenvalue weighted by Crippen LogP contribution is -2.40. The number of hydrogen-bond acceptors (Lipinski definition) is 2. The predicted octanol–water partition coefficient (Wildman–Crippen LogP) is 4.77. The first-order chi connectivity index (χ1) is 11.7. The first-order valence-corrected chi connectivity index (χ1v) is 10.6. The fourth-order valence-electron chi connectivity index (χ4n) is 5.10. The van der Waals surface area contributed by atoms with Gasteiger partial charge < -0.3 is 10.0 Å². The number of aliphatic hydroxyl groups excluding tert-OH is 1. The second-order valence-electron chi connectivity index (χ2n) is 8.16. The average molecular weight is 338 g/mol. The van der Waals surface area contributed by atoms with E-state index < -0.39 is 0 Å². The number of carbonyl (C=O) groups excluding carboxylic acids is 1. The minimum atomic E-state index is -0.177. The van der Waals surface area contributed by atoms with Crippen LogP contribution >= 0.6 is 0 Å². The van der Waals surface area contributed by atoms with Gasteiger partial charge in [-0.2, -0.15) is 0 Å². The molecule has 1 amide bonds. The molecule has 0 aromatic rings. The number of rotatable bonds is 8. The van der Waals surface area contributed by atoms with Crippen LogP contribution in [0, 0.1) is 17.8 Å². The van der Waals surface area contributed by atoms with Crippen LogP contribution in [-0.2, 0) is 4.79 Å². The smallest absolute Gasteiger partial charge is 0.222 e. The Morgan fingerprint density at radius 2 is 1.54 bits per heavy atom. The van der Waals surface area contributed by atoms with Gasteiger partial charge in [-0.25, -0.2) is 0 Å². The summed E-state index contributed by atoms with van der Waals surface area (Å²) in [5.74, 6) is 1.76. The highest BCUT2D eigenvalue weighted by Gasteiger charge is 2.37. The Labute approximate surface area is 149 Å². The molecule has 24 heavy (non-hydrogen) atoms. The van der Waals surface area contributed by atoms with Crippen LogP contribution in [0.3, 0.4) is 0 Å². The molecule has 3 nitrogen and oxygen atoms in total. The molecule has 2 fully saturated rings. The molecule has 2 aliphatic carbocycles. The van der Waals surface area contributed by atoms with Crippen molar-refractivity contribution in [2.24, 2.45) is 17.8 Å². The fourth-order valence-corrected chi connectivity index (χ4v) is 5.10. The normalized spacial score (nSPS) is 27.0. The van der Waals surface area contributed by atoms with Gasteiger partial charge in [0.15, 0.2) is 0 Å². The number of aliphatic hydroxyl groups is 1. The zero-order valence-corrected chi connectivity index (χ0v) is 16.0. The van der Waals surface area contributed by atoms with Crippen LogP contribution in [0.4, 0.5) is 0 Å². The molecular formula is C21H39NO2. The maximum atomic E-state index is 13.0. The van der Waals surface area contributed by atoms with Crippen molar-refractivity contribution in [3.05, 3.63) is 0 Å². The molecule has 140 valence electrons. The van der Waals surface area contributed by atoms with Crippen molar-refractivity contribution in [2.75, 3.05) is 13.1 Å². The topological polar surface area (TPSA) is 40.5 Å². The fraction of sp³-hybridized carbons (Fsp3) is 0.952. The van der Waals surface area contributed by atoms with Gasteiger partial charge in [0.25, 0.3) is 0 Å². The third-order valence-corrected chi connectivity index (χ3v) is 6.34. The number of carbonyl (C=O) groups is 1. The van der Waals surface area contributed by atoms with Crippen molar-refractivity contribution in [1.82, 2.24) is 4.90 Å². The van der Waals surface area contributed by atoms with Gasteiger partial charge in [0.2, 0.25) is 5.91 Å². The SMILES string of the molecule is CCCN(CCC)C(=O)CC(C1CCCCC1)C1CCCCC1O. The van der Waals surface area contributed by atoms with Gasteiger partial charge in [-0.1, -0.05) is 58.8 Å². The minimum absolute atomic E-state index is 0.177. The van der Waals surface area contributed by atoms with Crippen LogP contribution in [0.15, 0.2) is 0 Å². The Hall–Kier alpha value is -0.570. The average Bonchev–Trinajstić information content (AvgIpc) is 2.61. The largest absolute Gasteiger partial charge is 0.393 e. The summed E-state index contributed by atoms with van der Waals surface area (Å²) in [6, 6.07) is 0. The molecule has 1 N–H and O–H groups in total. The maximum absolute atomic E-state index is 13.0. The highest BCUT2D eigenvalue weighted by Crippen LogP contribution is 2.42. The van der Waals surface area contributed by atoms with E-state index in [0.717, 1.165) is 45.2 Å². The molecule has 0 saturated heterocycles. The molecule has 2 saturated carbocycles. The Bertz CT molecular complexity index is 359. The van der Waals surface area contributed by atoms with Crippen LogP contribution in [0.1, 0.15) is 90.9 Å². The molecule has 0 aliphatic heterocycles.